The molecule has 0 atom stereocenters. The lowest BCUT2D eigenvalue weighted by atomic mass is 10.0. The van der Waals surface area contributed by atoms with Gasteiger partial charge < -0.3 is 0 Å². The Hall–Kier alpha value is -0.240. The Morgan fingerprint density at radius 3 is 1.04 bits per heavy atom. The van der Waals surface area contributed by atoms with Crippen LogP contribution in [-0.2, 0) is 25.7 Å². The highest BCUT2D eigenvalue weighted by Gasteiger charge is 2.22. The number of hydrogen-bond acceptors (Lipinski definition) is 4. The fourth-order valence-corrected chi connectivity index (χ4v) is 14.0. The lowest BCUT2D eigenvalue weighted by Crippen LogP contribution is -1.87. The molecule has 4 heterocycles. The molecule has 0 saturated carbocycles. The van der Waals surface area contributed by atoms with E-state index in [0.29, 0.717) is 0 Å². The maximum atomic E-state index is 4.03. The minimum Gasteiger partial charge on any atom is -0.133 e. The molecule has 0 fully saturated rings. The number of halogens is 2. The Kier molecular flexibility index (Phi) is 23.6. The van der Waals surface area contributed by atoms with E-state index in [9.17, 15) is 0 Å². The monoisotopic (exact) mass is 934 g/mol. The van der Waals surface area contributed by atoms with Gasteiger partial charge in [-0.3, -0.25) is 0 Å². The quantitative estimate of drug-likeness (QED) is 0.0441. The van der Waals surface area contributed by atoms with Gasteiger partial charge in [0.05, 0.1) is 7.57 Å². The second kappa shape index (κ2) is 27.4. The molecule has 0 nitrogen and oxygen atoms in total. The summed E-state index contributed by atoms with van der Waals surface area (Å²) in [6, 6.07) is 10.2. The minimum atomic E-state index is 1.20. The number of thiophene rings is 4. The molecule has 4 aromatic rings. The summed E-state index contributed by atoms with van der Waals surface area (Å²) in [5, 5.41) is 0. The Bertz CT molecular complexity index is 1570. The van der Waals surface area contributed by atoms with Crippen molar-refractivity contribution in [2.24, 2.45) is 0 Å². The second-order valence-corrected chi connectivity index (χ2v) is 22.7. The highest BCUT2D eigenvalue weighted by Crippen LogP contribution is 2.50. The molecule has 302 valence electrons. The van der Waals surface area contributed by atoms with E-state index in [1.54, 1.807) is 26.4 Å². The molecule has 0 aliphatic rings. The largest absolute Gasteiger partial charge is 0.133 e. The van der Waals surface area contributed by atoms with E-state index in [1.807, 2.05) is 22.7 Å². The van der Waals surface area contributed by atoms with Gasteiger partial charge in [-0.05, 0) is 130 Å². The number of hydrogen-bond donors (Lipinski definition) is 0. The summed E-state index contributed by atoms with van der Waals surface area (Å²) in [7, 11) is 0. The van der Waals surface area contributed by atoms with Crippen molar-refractivity contribution < 1.29 is 0 Å². The van der Waals surface area contributed by atoms with Crippen LogP contribution in [-0.4, -0.2) is 0 Å². The first kappa shape index (κ1) is 46.4. The summed E-state index contributed by atoms with van der Waals surface area (Å²) in [4.78, 5) is 9.10. The molecule has 0 aromatic carbocycles. The van der Waals surface area contributed by atoms with Gasteiger partial charge in [-0.2, -0.15) is 0 Å². The molecule has 0 N–H and O–H groups in total. The van der Waals surface area contributed by atoms with Gasteiger partial charge in [0.25, 0.3) is 0 Å². The molecule has 0 aliphatic carbocycles. The molecule has 0 unspecified atom stereocenters. The van der Waals surface area contributed by atoms with Crippen molar-refractivity contribution in [3.63, 3.8) is 0 Å². The molecule has 0 bridgehead atoms. The highest BCUT2D eigenvalue weighted by atomic mass is 79.9. The first-order valence-corrected chi connectivity index (χ1v) is 27.2. The van der Waals surface area contributed by atoms with Crippen LogP contribution in [0.4, 0.5) is 0 Å². The zero-order chi connectivity index (χ0) is 38.4. The van der Waals surface area contributed by atoms with Crippen molar-refractivity contribution in [3.8, 4) is 29.3 Å². The fourth-order valence-electron chi connectivity index (χ4n) is 7.73. The van der Waals surface area contributed by atoms with Gasteiger partial charge in [0, 0.05) is 29.3 Å². The number of unbranched alkanes of at least 4 members (excludes halogenated alkanes) is 20. The summed E-state index contributed by atoms with van der Waals surface area (Å²) in [5.74, 6) is 0. The molecular weight excluding hydrogens is 865 g/mol. The highest BCUT2D eigenvalue weighted by molar-refractivity contribution is 9.11. The van der Waals surface area contributed by atoms with Crippen LogP contribution in [0.1, 0.15) is 204 Å². The third kappa shape index (κ3) is 15.8. The average molecular weight is 937 g/mol. The van der Waals surface area contributed by atoms with Crippen molar-refractivity contribution in [1.29, 1.82) is 0 Å². The lowest BCUT2D eigenvalue weighted by molar-refractivity contribution is 0.607. The first-order chi connectivity index (χ1) is 26.5. The molecule has 4 rings (SSSR count). The third-order valence-electron chi connectivity index (χ3n) is 11.0. The standard InChI is InChI=1S/C48H72Br2S4/c1-5-9-13-17-21-25-29-37-34-42(47-39(36-44(49)54-47)31-27-23-19-15-11-7-3)52-45(37)41-33-38(30-26-22-18-14-10-6-2)46(51-41)43-35-40(48(50)53-43)32-28-24-20-16-12-8-4/h33-36H,5-32H2,1-4H3. The average Bonchev–Trinajstić information content (AvgIpc) is 3.96. The molecule has 0 radical (unpaired) electrons. The van der Waals surface area contributed by atoms with E-state index in [2.05, 4.69) is 106 Å². The molecule has 54 heavy (non-hydrogen) atoms. The Labute approximate surface area is 365 Å². The van der Waals surface area contributed by atoms with Gasteiger partial charge in [0.1, 0.15) is 0 Å². The molecule has 6 heteroatoms. The molecule has 0 saturated heterocycles. The van der Waals surface area contributed by atoms with Gasteiger partial charge in [0.2, 0.25) is 0 Å². The summed E-state index contributed by atoms with van der Waals surface area (Å²) < 4.78 is 2.64. The van der Waals surface area contributed by atoms with E-state index in [4.69, 9.17) is 0 Å². The van der Waals surface area contributed by atoms with Crippen LogP contribution in [0.25, 0.3) is 29.3 Å². The van der Waals surface area contributed by atoms with E-state index in [-0.39, 0.29) is 0 Å². The van der Waals surface area contributed by atoms with Crippen molar-refractivity contribution in [1.82, 2.24) is 0 Å². The van der Waals surface area contributed by atoms with Crippen LogP contribution >= 0.6 is 77.2 Å². The van der Waals surface area contributed by atoms with Gasteiger partial charge in [-0.1, -0.05) is 156 Å². The summed E-state index contributed by atoms with van der Waals surface area (Å²) in [6.07, 6.45) is 37.3. The zero-order valence-corrected chi connectivity index (χ0v) is 40.9. The van der Waals surface area contributed by atoms with Crippen LogP contribution in [0, 0.1) is 0 Å². The van der Waals surface area contributed by atoms with Crippen LogP contribution in [0.2, 0.25) is 0 Å². The number of rotatable bonds is 31. The van der Waals surface area contributed by atoms with Crippen LogP contribution < -0.4 is 0 Å². The Morgan fingerprint density at radius 2 is 0.630 bits per heavy atom. The van der Waals surface area contributed by atoms with Crippen LogP contribution in [0.15, 0.2) is 31.8 Å². The summed E-state index contributed by atoms with van der Waals surface area (Å²) in [6.45, 7) is 9.27. The Balaban J connectivity index is 1.62. The number of aryl methyl sites for hydroxylation is 4. The molecule has 0 spiro atoms. The maximum absolute atomic E-state index is 4.03. The van der Waals surface area contributed by atoms with Gasteiger partial charge in [0.15, 0.2) is 0 Å². The van der Waals surface area contributed by atoms with Crippen molar-refractivity contribution in [2.45, 2.75) is 207 Å². The Morgan fingerprint density at radius 1 is 0.333 bits per heavy atom. The predicted octanol–water partition coefficient (Wildman–Crippen LogP) is 20.1. The zero-order valence-electron chi connectivity index (χ0n) is 34.5. The molecule has 0 aliphatic heterocycles. The second-order valence-electron chi connectivity index (χ2n) is 15.8. The smallest absolute Gasteiger partial charge is 0.0737 e. The van der Waals surface area contributed by atoms with E-state index in [0.717, 1.165) is 0 Å². The topological polar surface area (TPSA) is 0 Å². The minimum absolute atomic E-state index is 1.20. The summed E-state index contributed by atoms with van der Waals surface area (Å²) in [5.41, 5.74) is 6.26. The first-order valence-electron chi connectivity index (χ1n) is 22.3. The van der Waals surface area contributed by atoms with Crippen molar-refractivity contribution in [3.05, 3.63) is 54.1 Å². The van der Waals surface area contributed by atoms with Crippen LogP contribution in [0.5, 0.6) is 0 Å². The lowest BCUT2D eigenvalue weighted by Gasteiger charge is -2.03. The molecule has 4 aromatic heterocycles. The normalized spacial score (nSPS) is 11.7. The molecule has 0 amide bonds. The van der Waals surface area contributed by atoms with E-state index >= 15 is 0 Å². The van der Waals surface area contributed by atoms with Gasteiger partial charge in [-0.25, -0.2) is 0 Å². The fraction of sp³-hybridized carbons (Fsp3) is 0.667. The predicted molar refractivity (Wildman–Crippen MR) is 258 cm³/mol. The maximum Gasteiger partial charge on any atom is 0.0737 e. The third-order valence-corrected chi connectivity index (χ3v) is 17.6. The van der Waals surface area contributed by atoms with Crippen molar-refractivity contribution in [2.75, 3.05) is 0 Å². The van der Waals surface area contributed by atoms with Crippen molar-refractivity contribution >= 4 is 77.2 Å². The molecular formula is C48H72Br2S4. The van der Waals surface area contributed by atoms with E-state index < -0.39 is 0 Å². The summed E-state index contributed by atoms with van der Waals surface area (Å²) >= 11 is 16.1. The van der Waals surface area contributed by atoms with Crippen LogP contribution in [0.3, 0.4) is 0 Å². The van der Waals surface area contributed by atoms with Gasteiger partial charge in [-0.15, -0.1) is 45.3 Å². The van der Waals surface area contributed by atoms with E-state index in [1.165, 1.54) is 212 Å². The SMILES string of the molecule is CCCCCCCCc1cc(-c2sc(-c3sc(-c4sc(Br)cc4CCCCCCCC)cc3CCCCCCCC)cc2CCCCCCCC)sc1Br. The van der Waals surface area contributed by atoms with Gasteiger partial charge >= 0.3 is 0 Å².